The van der Waals surface area contributed by atoms with Gasteiger partial charge in [0.1, 0.15) is 11.6 Å². The molecule has 0 radical (unpaired) electrons. The van der Waals surface area contributed by atoms with E-state index in [1.807, 2.05) is 30.3 Å². The Morgan fingerprint density at radius 1 is 0.880 bits per heavy atom. The number of hydrogen-bond acceptors (Lipinski definition) is 5. The highest BCUT2D eigenvalue weighted by atomic mass is 32.2. The van der Waals surface area contributed by atoms with Gasteiger partial charge in [0.25, 0.3) is 0 Å². The third-order valence-corrected chi connectivity index (χ3v) is 5.42. The van der Waals surface area contributed by atoms with Crippen molar-refractivity contribution in [3.8, 4) is 0 Å². The second-order valence-corrected chi connectivity index (χ2v) is 7.69. The quantitative estimate of drug-likeness (QED) is 0.707. The lowest BCUT2D eigenvalue weighted by Crippen LogP contribution is -2.16. The molecular formula is C19H19N3O2S. The summed E-state index contributed by atoms with van der Waals surface area (Å²) in [4.78, 5) is 9.05. The lowest BCUT2D eigenvalue weighted by Gasteiger charge is -2.08. The summed E-state index contributed by atoms with van der Waals surface area (Å²) in [6, 6.07) is 20.2. The first-order valence-corrected chi connectivity index (χ1v) is 9.66. The molecule has 0 atom stereocenters. The van der Waals surface area contributed by atoms with Gasteiger partial charge < -0.3 is 5.32 Å². The Bertz CT molecular complexity index is 914. The highest BCUT2D eigenvalue weighted by Crippen LogP contribution is 2.11. The summed E-state index contributed by atoms with van der Waals surface area (Å²) in [6.45, 7) is 0.291. The Balaban J connectivity index is 1.59. The predicted molar refractivity (Wildman–Crippen MR) is 98.3 cm³/mol. The smallest absolute Gasteiger partial charge is 0.180 e. The van der Waals surface area contributed by atoms with Gasteiger partial charge in [0, 0.05) is 19.2 Å². The lowest BCUT2D eigenvalue weighted by molar-refractivity contribution is 0.596. The Hall–Kier alpha value is -2.73. The molecule has 1 N–H and O–H groups in total. The van der Waals surface area contributed by atoms with Crippen LogP contribution >= 0.6 is 0 Å². The van der Waals surface area contributed by atoms with Crippen LogP contribution in [0.25, 0.3) is 0 Å². The molecule has 3 aromatic rings. The van der Waals surface area contributed by atoms with E-state index in [2.05, 4.69) is 15.3 Å². The number of rotatable bonds is 7. The minimum absolute atomic E-state index is 0.00896. The number of anilines is 1. The summed E-state index contributed by atoms with van der Waals surface area (Å²) in [6.07, 6.45) is 2.32. The minimum atomic E-state index is -3.29. The molecule has 1 heterocycles. The molecular weight excluding hydrogens is 334 g/mol. The van der Waals surface area contributed by atoms with Crippen molar-refractivity contribution in [3.05, 3.63) is 84.3 Å². The topological polar surface area (TPSA) is 72.0 Å². The summed E-state index contributed by atoms with van der Waals surface area (Å²) < 4.78 is 24.5. The number of hydrogen-bond donors (Lipinski definition) is 1. The van der Waals surface area contributed by atoms with Crippen molar-refractivity contribution in [2.45, 2.75) is 11.3 Å². The van der Waals surface area contributed by atoms with Crippen LogP contribution in [0, 0.1) is 0 Å². The zero-order chi connectivity index (χ0) is 17.5. The van der Waals surface area contributed by atoms with Crippen LogP contribution in [-0.2, 0) is 16.3 Å². The molecule has 0 spiro atoms. The van der Waals surface area contributed by atoms with Crippen LogP contribution in [0.1, 0.15) is 11.4 Å². The van der Waals surface area contributed by atoms with E-state index in [1.54, 1.807) is 42.6 Å². The highest BCUT2D eigenvalue weighted by Gasteiger charge is 2.13. The first-order chi connectivity index (χ1) is 12.1. The molecule has 0 aliphatic carbocycles. The first-order valence-electron chi connectivity index (χ1n) is 8.01. The molecule has 5 nitrogen and oxygen atoms in total. The molecule has 0 unspecified atom stereocenters. The van der Waals surface area contributed by atoms with Gasteiger partial charge in [0.15, 0.2) is 9.84 Å². The van der Waals surface area contributed by atoms with Gasteiger partial charge in [-0.3, -0.25) is 0 Å². The second-order valence-electron chi connectivity index (χ2n) is 5.58. The molecule has 0 bridgehead atoms. The van der Waals surface area contributed by atoms with E-state index in [0.717, 1.165) is 5.56 Å². The van der Waals surface area contributed by atoms with Crippen LogP contribution in [-0.4, -0.2) is 30.7 Å². The standard InChI is InChI=1S/C19H19N3O2S/c23-25(24,17-9-5-2-6-10-17)14-13-21-18-11-12-20-19(22-18)15-16-7-3-1-4-8-16/h1-12H,13-15H2,(H,20,21,22). The van der Waals surface area contributed by atoms with Gasteiger partial charge in [-0.25, -0.2) is 18.4 Å². The Kier molecular flexibility index (Phi) is 5.40. The minimum Gasteiger partial charge on any atom is -0.369 e. The number of nitrogens with zero attached hydrogens (tertiary/aromatic N) is 2. The molecule has 0 aliphatic heterocycles. The van der Waals surface area contributed by atoms with E-state index >= 15 is 0 Å². The average Bonchev–Trinajstić information content (AvgIpc) is 2.63. The zero-order valence-electron chi connectivity index (χ0n) is 13.7. The molecule has 0 saturated carbocycles. The van der Waals surface area contributed by atoms with E-state index in [-0.39, 0.29) is 5.75 Å². The number of nitrogens with one attached hydrogen (secondary N) is 1. The van der Waals surface area contributed by atoms with Crippen LogP contribution < -0.4 is 5.32 Å². The molecule has 0 fully saturated rings. The molecule has 0 amide bonds. The normalized spacial score (nSPS) is 11.2. The molecule has 0 aliphatic rings. The van der Waals surface area contributed by atoms with Crippen LogP contribution in [0.5, 0.6) is 0 Å². The average molecular weight is 353 g/mol. The zero-order valence-corrected chi connectivity index (χ0v) is 14.5. The molecule has 3 rings (SSSR count). The summed E-state index contributed by atoms with van der Waals surface area (Å²) >= 11 is 0. The van der Waals surface area contributed by atoms with Crippen molar-refractivity contribution >= 4 is 15.7 Å². The summed E-state index contributed by atoms with van der Waals surface area (Å²) in [5.74, 6) is 1.33. The molecule has 6 heteroatoms. The van der Waals surface area contributed by atoms with Gasteiger partial charge in [-0.15, -0.1) is 0 Å². The summed E-state index contributed by atoms with van der Waals surface area (Å²) in [5, 5.41) is 3.07. The van der Waals surface area contributed by atoms with Crippen molar-refractivity contribution in [2.75, 3.05) is 17.6 Å². The van der Waals surface area contributed by atoms with Crippen LogP contribution in [0.15, 0.2) is 77.8 Å². The lowest BCUT2D eigenvalue weighted by atomic mass is 10.1. The van der Waals surface area contributed by atoms with E-state index in [9.17, 15) is 8.42 Å². The highest BCUT2D eigenvalue weighted by molar-refractivity contribution is 7.91. The van der Waals surface area contributed by atoms with Gasteiger partial charge in [0.05, 0.1) is 10.6 Å². The Morgan fingerprint density at radius 2 is 1.56 bits per heavy atom. The van der Waals surface area contributed by atoms with Crippen LogP contribution in [0.2, 0.25) is 0 Å². The van der Waals surface area contributed by atoms with Crippen LogP contribution in [0.4, 0.5) is 5.82 Å². The second kappa shape index (κ2) is 7.90. The maximum absolute atomic E-state index is 12.3. The van der Waals surface area contributed by atoms with Gasteiger partial charge in [-0.05, 0) is 23.8 Å². The van der Waals surface area contributed by atoms with E-state index in [1.165, 1.54) is 0 Å². The maximum Gasteiger partial charge on any atom is 0.180 e. The van der Waals surface area contributed by atoms with Gasteiger partial charge in [-0.1, -0.05) is 48.5 Å². The van der Waals surface area contributed by atoms with E-state index < -0.39 is 9.84 Å². The molecule has 0 saturated heterocycles. The maximum atomic E-state index is 12.3. The fraction of sp³-hybridized carbons (Fsp3) is 0.158. The third-order valence-electron chi connectivity index (χ3n) is 3.69. The molecule has 128 valence electrons. The van der Waals surface area contributed by atoms with Crippen LogP contribution in [0.3, 0.4) is 0 Å². The van der Waals surface area contributed by atoms with Crippen molar-refractivity contribution in [2.24, 2.45) is 0 Å². The monoisotopic (exact) mass is 353 g/mol. The van der Waals surface area contributed by atoms with E-state index in [0.29, 0.717) is 29.5 Å². The number of benzene rings is 2. The number of aromatic nitrogens is 2. The SMILES string of the molecule is O=S(=O)(CCNc1ccnc(Cc2ccccc2)n1)c1ccccc1. The van der Waals surface area contributed by atoms with Crippen molar-refractivity contribution in [3.63, 3.8) is 0 Å². The van der Waals surface area contributed by atoms with Gasteiger partial charge in [-0.2, -0.15) is 0 Å². The largest absolute Gasteiger partial charge is 0.369 e. The predicted octanol–water partition coefficient (Wildman–Crippen LogP) is 2.95. The van der Waals surface area contributed by atoms with Crippen molar-refractivity contribution < 1.29 is 8.42 Å². The fourth-order valence-corrected chi connectivity index (χ4v) is 3.60. The Morgan fingerprint density at radius 3 is 2.28 bits per heavy atom. The Labute approximate surface area is 147 Å². The third kappa shape index (κ3) is 4.87. The van der Waals surface area contributed by atoms with Crippen molar-refractivity contribution in [1.29, 1.82) is 0 Å². The summed E-state index contributed by atoms with van der Waals surface area (Å²) in [5.41, 5.74) is 1.13. The van der Waals surface area contributed by atoms with Gasteiger partial charge >= 0.3 is 0 Å². The molecule has 1 aromatic heterocycles. The number of sulfone groups is 1. The van der Waals surface area contributed by atoms with Crippen molar-refractivity contribution in [1.82, 2.24) is 9.97 Å². The first kappa shape index (κ1) is 17.1. The van der Waals surface area contributed by atoms with Gasteiger partial charge in [0.2, 0.25) is 0 Å². The molecule has 25 heavy (non-hydrogen) atoms. The summed E-state index contributed by atoms with van der Waals surface area (Å²) in [7, 11) is -3.29. The fourth-order valence-electron chi connectivity index (χ4n) is 2.42. The molecule has 2 aromatic carbocycles. The van der Waals surface area contributed by atoms with E-state index in [4.69, 9.17) is 0 Å².